The number of sulfonamides is 1. The summed E-state index contributed by atoms with van der Waals surface area (Å²) in [5.41, 5.74) is 1.04. The van der Waals surface area contributed by atoms with Crippen molar-refractivity contribution >= 4 is 38.5 Å². The fourth-order valence-corrected chi connectivity index (χ4v) is 5.15. The van der Waals surface area contributed by atoms with Crippen LogP contribution in [0.25, 0.3) is 10.9 Å². The molecular formula is C19H25N3O6S. The minimum atomic E-state index is -3.73. The standard InChI is InChI=1S/C19H25N3O6S/c1-28-19(25)11-20-18(24)12-22-9-8-13-6-7-14(10-15(13)22)21-29(26,27)17-5-3-2-4-16(17)23/h6-10,16-17,21,23H,2-5,11-12H2,1H3,(H,20,24). The van der Waals surface area contributed by atoms with E-state index in [1.54, 1.807) is 29.0 Å². The smallest absolute Gasteiger partial charge is 0.325 e. The van der Waals surface area contributed by atoms with Crippen molar-refractivity contribution < 1.29 is 27.9 Å². The topological polar surface area (TPSA) is 127 Å². The van der Waals surface area contributed by atoms with Gasteiger partial charge in [-0.2, -0.15) is 0 Å². The predicted molar refractivity (Wildman–Crippen MR) is 108 cm³/mol. The van der Waals surface area contributed by atoms with Crippen LogP contribution in [0, 0.1) is 0 Å². The first-order valence-electron chi connectivity index (χ1n) is 9.42. The Hall–Kier alpha value is -2.59. The third-order valence-corrected chi connectivity index (χ3v) is 6.94. The lowest BCUT2D eigenvalue weighted by Crippen LogP contribution is -2.40. The van der Waals surface area contributed by atoms with Gasteiger partial charge >= 0.3 is 5.97 Å². The average molecular weight is 423 g/mol. The number of methoxy groups -OCH3 is 1. The van der Waals surface area contributed by atoms with Gasteiger partial charge in [0.15, 0.2) is 0 Å². The lowest BCUT2D eigenvalue weighted by atomic mass is 9.97. The second-order valence-corrected chi connectivity index (χ2v) is 9.01. The highest BCUT2D eigenvalue weighted by atomic mass is 32.2. The number of nitrogens with one attached hydrogen (secondary N) is 2. The molecule has 1 saturated carbocycles. The number of esters is 1. The zero-order valence-corrected chi connectivity index (χ0v) is 16.9. The number of aliphatic hydroxyl groups is 1. The van der Waals surface area contributed by atoms with Crippen LogP contribution in [0.15, 0.2) is 30.5 Å². The largest absolute Gasteiger partial charge is 0.468 e. The van der Waals surface area contributed by atoms with Gasteiger partial charge in [-0.05, 0) is 36.4 Å². The van der Waals surface area contributed by atoms with Crippen LogP contribution in [0.5, 0.6) is 0 Å². The van der Waals surface area contributed by atoms with Crippen LogP contribution in [0.1, 0.15) is 25.7 Å². The molecule has 0 radical (unpaired) electrons. The van der Waals surface area contributed by atoms with Crippen LogP contribution in [0.3, 0.4) is 0 Å². The number of fused-ring (bicyclic) bond motifs is 1. The van der Waals surface area contributed by atoms with E-state index in [9.17, 15) is 23.1 Å². The number of amides is 1. The van der Waals surface area contributed by atoms with Crippen molar-refractivity contribution in [3.05, 3.63) is 30.5 Å². The molecule has 3 rings (SSSR count). The summed E-state index contributed by atoms with van der Waals surface area (Å²) in [4.78, 5) is 23.2. The van der Waals surface area contributed by atoms with Crippen LogP contribution in [-0.4, -0.2) is 55.0 Å². The summed E-state index contributed by atoms with van der Waals surface area (Å²) in [6.45, 7) is -0.249. The fourth-order valence-electron chi connectivity index (χ4n) is 3.52. The Labute approximate surface area is 169 Å². The van der Waals surface area contributed by atoms with Crippen molar-refractivity contribution in [2.45, 2.75) is 43.6 Å². The lowest BCUT2D eigenvalue weighted by Gasteiger charge is -2.27. The molecule has 2 atom stereocenters. The van der Waals surface area contributed by atoms with Crippen molar-refractivity contribution in [2.75, 3.05) is 18.4 Å². The highest BCUT2D eigenvalue weighted by Gasteiger charge is 2.34. The first-order valence-corrected chi connectivity index (χ1v) is 11.0. The summed E-state index contributed by atoms with van der Waals surface area (Å²) in [6.07, 6.45) is 3.35. The number of ether oxygens (including phenoxy) is 1. The van der Waals surface area contributed by atoms with Gasteiger partial charge in [-0.1, -0.05) is 18.9 Å². The van der Waals surface area contributed by atoms with Crippen molar-refractivity contribution in [3.8, 4) is 0 Å². The van der Waals surface area contributed by atoms with Crippen molar-refractivity contribution in [3.63, 3.8) is 0 Å². The highest BCUT2D eigenvalue weighted by Crippen LogP contribution is 2.27. The zero-order valence-electron chi connectivity index (χ0n) is 16.1. The van der Waals surface area contributed by atoms with E-state index in [4.69, 9.17) is 0 Å². The van der Waals surface area contributed by atoms with Crippen molar-refractivity contribution in [1.82, 2.24) is 9.88 Å². The summed E-state index contributed by atoms with van der Waals surface area (Å²) in [7, 11) is -2.50. The number of hydrogen-bond donors (Lipinski definition) is 3. The van der Waals surface area contributed by atoms with Gasteiger partial charge in [0.2, 0.25) is 15.9 Å². The van der Waals surface area contributed by atoms with Crippen molar-refractivity contribution in [1.29, 1.82) is 0 Å². The molecule has 1 aromatic carbocycles. The molecule has 1 aromatic heterocycles. The molecule has 0 aliphatic heterocycles. The Kier molecular flexibility index (Phi) is 6.43. The third kappa shape index (κ3) is 5.07. The van der Waals surface area contributed by atoms with Crippen LogP contribution >= 0.6 is 0 Å². The third-order valence-electron chi connectivity index (χ3n) is 5.07. The van der Waals surface area contributed by atoms with E-state index in [0.717, 1.165) is 18.2 Å². The van der Waals surface area contributed by atoms with E-state index >= 15 is 0 Å². The lowest BCUT2D eigenvalue weighted by molar-refractivity contribution is -0.141. The molecule has 9 nitrogen and oxygen atoms in total. The van der Waals surface area contributed by atoms with Gasteiger partial charge in [-0.25, -0.2) is 8.42 Å². The molecule has 1 fully saturated rings. The van der Waals surface area contributed by atoms with Crippen LogP contribution in [0.2, 0.25) is 0 Å². The normalized spacial score (nSPS) is 19.7. The molecule has 1 amide bonds. The number of carbonyl (C=O) groups is 2. The SMILES string of the molecule is COC(=O)CNC(=O)Cn1ccc2ccc(NS(=O)(=O)C3CCCCC3O)cc21. The number of nitrogens with zero attached hydrogens (tertiary/aromatic N) is 1. The van der Waals surface area contributed by atoms with Gasteiger partial charge in [0.05, 0.1) is 24.4 Å². The number of rotatable bonds is 7. The molecule has 2 aromatic rings. The van der Waals surface area contributed by atoms with Crippen LogP contribution in [-0.2, 0) is 30.9 Å². The molecule has 0 spiro atoms. The van der Waals surface area contributed by atoms with E-state index in [-0.39, 0.29) is 19.0 Å². The van der Waals surface area contributed by atoms with E-state index in [1.807, 2.05) is 6.07 Å². The summed E-state index contributed by atoms with van der Waals surface area (Å²) >= 11 is 0. The number of carbonyl (C=O) groups excluding carboxylic acids is 2. The number of aromatic nitrogens is 1. The zero-order chi connectivity index (χ0) is 21.0. The summed E-state index contributed by atoms with van der Waals surface area (Å²) in [6, 6.07) is 6.87. The number of benzene rings is 1. The molecule has 0 saturated heterocycles. The maximum atomic E-state index is 12.7. The van der Waals surface area contributed by atoms with Crippen LogP contribution in [0.4, 0.5) is 5.69 Å². The second-order valence-electron chi connectivity index (χ2n) is 7.11. The van der Waals surface area contributed by atoms with Gasteiger partial charge < -0.3 is 19.7 Å². The molecule has 29 heavy (non-hydrogen) atoms. The van der Waals surface area contributed by atoms with Gasteiger partial charge in [-0.3, -0.25) is 14.3 Å². The number of hydrogen-bond acceptors (Lipinski definition) is 6. The predicted octanol–water partition coefficient (Wildman–Crippen LogP) is 0.976. The highest BCUT2D eigenvalue weighted by molar-refractivity contribution is 7.93. The number of aliphatic hydroxyl groups excluding tert-OH is 1. The number of anilines is 1. The molecule has 1 heterocycles. The fraction of sp³-hybridized carbons (Fsp3) is 0.474. The molecule has 1 aliphatic carbocycles. The Bertz CT molecular complexity index is 1000. The molecule has 10 heteroatoms. The van der Waals surface area contributed by atoms with Gasteiger partial charge in [-0.15, -0.1) is 0 Å². The second kappa shape index (κ2) is 8.83. The minimum absolute atomic E-state index is 0.0297. The Morgan fingerprint density at radius 2 is 2.00 bits per heavy atom. The van der Waals surface area contributed by atoms with E-state index in [1.165, 1.54) is 7.11 Å². The maximum Gasteiger partial charge on any atom is 0.325 e. The molecule has 3 N–H and O–H groups in total. The Morgan fingerprint density at radius 1 is 1.24 bits per heavy atom. The van der Waals surface area contributed by atoms with E-state index in [2.05, 4.69) is 14.8 Å². The molecule has 0 bridgehead atoms. The van der Waals surface area contributed by atoms with Crippen LogP contribution < -0.4 is 10.0 Å². The van der Waals surface area contributed by atoms with Gasteiger partial charge in [0.25, 0.3) is 0 Å². The van der Waals surface area contributed by atoms with Gasteiger partial charge in [0.1, 0.15) is 18.3 Å². The van der Waals surface area contributed by atoms with E-state index in [0.29, 0.717) is 24.0 Å². The Morgan fingerprint density at radius 3 is 2.72 bits per heavy atom. The monoisotopic (exact) mass is 423 g/mol. The van der Waals surface area contributed by atoms with E-state index < -0.39 is 27.3 Å². The summed E-state index contributed by atoms with van der Waals surface area (Å²) in [5, 5.41) is 12.5. The van der Waals surface area contributed by atoms with Gasteiger partial charge in [0, 0.05) is 6.20 Å². The molecule has 1 aliphatic rings. The maximum absolute atomic E-state index is 12.7. The molecule has 158 valence electrons. The summed E-state index contributed by atoms with van der Waals surface area (Å²) < 4.78 is 34.1. The molecular weight excluding hydrogens is 398 g/mol. The summed E-state index contributed by atoms with van der Waals surface area (Å²) in [5.74, 6) is -0.915. The average Bonchev–Trinajstić information content (AvgIpc) is 3.08. The molecule has 2 unspecified atom stereocenters. The quantitative estimate of drug-likeness (QED) is 0.570. The first kappa shape index (κ1) is 21.1. The minimum Gasteiger partial charge on any atom is -0.468 e. The first-order chi connectivity index (χ1) is 13.8. The Balaban J connectivity index is 1.75. The van der Waals surface area contributed by atoms with Crippen molar-refractivity contribution in [2.24, 2.45) is 0 Å².